The largest absolute Gasteiger partial charge is 0.489 e. The maximum atomic E-state index is 13.3. The molecule has 5 rings (SSSR count). The van der Waals surface area contributed by atoms with Crippen molar-refractivity contribution in [3.63, 3.8) is 0 Å². The molecule has 7 heteroatoms. The molecule has 1 aliphatic heterocycles. The Bertz CT molecular complexity index is 1240. The Kier molecular flexibility index (Phi) is 5.98. The number of allylic oxidation sites excluding steroid dienone is 2. The maximum Gasteiger partial charge on any atom is 0.227 e. The normalized spacial score (nSPS) is 18.8. The van der Waals surface area contributed by atoms with E-state index in [2.05, 4.69) is 57.3 Å². The highest BCUT2D eigenvalue weighted by atomic mass is 32.2. The number of aromatic nitrogens is 3. The summed E-state index contributed by atoms with van der Waals surface area (Å²) in [6.45, 7) is 8.96. The highest BCUT2D eigenvalue weighted by molar-refractivity contribution is 7.99. The van der Waals surface area contributed by atoms with E-state index < -0.39 is 0 Å². The number of thioether (sulfide) groups is 1. The maximum absolute atomic E-state index is 13.3. The van der Waals surface area contributed by atoms with E-state index in [0.717, 1.165) is 45.5 Å². The number of ether oxygens (including phenoxy) is 1. The summed E-state index contributed by atoms with van der Waals surface area (Å²) in [7, 11) is 0. The van der Waals surface area contributed by atoms with Crippen LogP contribution in [-0.4, -0.2) is 26.3 Å². The quantitative estimate of drug-likeness (QED) is 0.446. The van der Waals surface area contributed by atoms with Gasteiger partial charge in [0.1, 0.15) is 18.4 Å². The van der Waals surface area contributed by atoms with Crippen molar-refractivity contribution in [1.29, 1.82) is 0 Å². The van der Waals surface area contributed by atoms with Crippen molar-refractivity contribution in [2.24, 2.45) is 5.41 Å². The molecule has 0 amide bonds. The lowest BCUT2D eigenvalue weighted by molar-refractivity contribution is -0.118. The van der Waals surface area contributed by atoms with Gasteiger partial charge in [-0.2, -0.15) is 4.98 Å². The summed E-state index contributed by atoms with van der Waals surface area (Å²) in [4.78, 5) is 18.0. The number of ketones is 1. The van der Waals surface area contributed by atoms with Gasteiger partial charge in [0.25, 0.3) is 0 Å². The molecule has 2 heterocycles. The van der Waals surface area contributed by atoms with Crippen LogP contribution in [0.15, 0.2) is 65.0 Å². The van der Waals surface area contributed by atoms with E-state index in [1.165, 1.54) is 5.56 Å². The average Bonchev–Trinajstić information content (AvgIpc) is 3.19. The van der Waals surface area contributed by atoms with Crippen LogP contribution in [0.25, 0.3) is 0 Å². The number of hydrogen-bond acceptors (Lipinski definition) is 6. The Morgan fingerprint density at radius 2 is 1.85 bits per heavy atom. The molecule has 2 aromatic carbocycles. The minimum absolute atomic E-state index is 0.0790. The number of benzene rings is 2. The van der Waals surface area contributed by atoms with Crippen molar-refractivity contribution in [1.82, 2.24) is 14.8 Å². The fraction of sp³-hybridized carbons (Fsp3) is 0.370. The van der Waals surface area contributed by atoms with Crippen LogP contribution in [0.5, 0.6) is 5.75 Å². The van der Waals surface area contributed by atoms with Crippen molar-refractivity contribution < 1.29 is 9.53 Å². The molecule has 1 N–H and O–H groups in total. The molecule has 0 spiro atoms. The van der Waals surface area contributed by atoms with Crippen molar-refractivity contribution in [3.8, 4) is 5.75 Å². The number of carbonyl (C=O) groups excluding carboxylic acids is 1. The van der Waals surface area contributed by atoms with Gasteiger partial charge in [-0.15, -0.1) is 5.10 Å². The van der Waals surface area contributed by atoms with Crippen LogP contribution in [0.1, 0.15) is 56.3 Å². The fourth-order valence-electron chi connectivity index (χ4n) is 4.69. The monoisotopic (exact) mass is 474 g/mol. The van der Waals surface area contributed by atoms with Crippen molar-refractivity contribution in [3.05, 3.63) is 76.5 Å². The van der Waals surface area contributed by atoms with Crippen LogP contribution in [-0.2, 0) is 11.4 Å². The summed E-state index contributed by atoms with van der Waals surface area (Å²) in [6, 6.07) is 16.1. The lowest BCUT2D eigenvalue weighted by Gasteiger charge is -2.38. The molecule has 0 fully saturated rings. The van der Waals surface area contributed by atoms with Crippen molar-refractivity contribution >= 4 is 23.5 Å². The lowest BCUT2D eigenvalue weighted by Crippen LogP contribution is -2.36. The van der Waals surface area contributed by atoms with E-state index in [1.54, 1.807) is 11.8 Å². The highest BCUT2D eigenvalue weighted by Crippen LogP contribution is 2.45. The molecule has 176 valence electrons. The summed E-state index contributed by atoms with van der Waals surface area (Å²) in [5.41, 5.74) is 5.06. The van der Waals surface area contributed by atoms with Crippen LogP contribution in [0.2, 0.25) is 0 Å². The molecule has 3 aromatic rings. The molecule has 1 unspecified atom stereocenters. The summed E-state index contributed by atoms with van der Waals surface area (Å²) in [6.07, 6.45) is 1.34. The first-order valence-corrected chi connectivity index (χ1v) is 12.7. The second-order valence-electron chi connectivity index (χ2n) is 9.80. The van der Waals surface area contributed by atoms with Crippen LogP contribution >= 0.6 is 11.8 Å². The highest BCUT2D eigenvalue weighted by Gasteiger charge is 2.41. The van der Waals surface area contributed by atoms with Crippen LogP contribution in [0.3, 0.4) is 0 Å². The van der Waals surface area contributed by atoms with Gasteiger partial charge in [0.05, 0.1) is 0 Å². The zero-order valence-corrected chi connectivity index (χ0v) is 20.9. The number of nitrogens with zero attached hydrogens (tertiary/aromatic N) is 3. The number of carbonyl (C=O) groups is 1. The van der Waals surface area contributed by atoms with Gasteiger partial charge in [0.2, 0.25) is 11.1 Å². The number of rotatable bonds is 6. The van der Waals surface area contributed by atoms with E-state index in [1.807, 2.05) is 28.9 Å². The summed E-state index contributed by atoms with van der Waals surface area (Å²) in [5.74, 6) is 2.56. The van der Waals surface area contributed by atoms with E-state index in [9.17, 15) is 4.79 Å². The first kappa shape index (κ1) is 22.7. The SMILES string of the molecule is CCSc1nc2n(n1)C(c1ccc(OCc3ccc(C)cc3)cc1)C1=C(CC(C)(C)CC1=O)N2. The van der Waals surface area contributed by atoms with Crippen molar-refractivity contribution in [2.75, 3.05) is 11.1 Å². The molecule has 6 nitrogen and oxygen atoms in total. The Hall–Kier alpha value is -3.06. The van der Waals surface area contributed by atoms with Gasteiger partial charge in [-0.3, -0.25) is 4.79 Å². The number of aryl methyl sites for hydroxylation is 1. The zero-order valence-electron chi connectivity index (χ0n) is 20.1. The summed E-state index contributed by atoms with van der Waals surface area (Å²) >= 11 is 1.60. The lowest BCUT2D eigenvalue weighted by atomic mass is 9.73. The number of anilines is 1. The molecule has 0 radical (unpaired) electrons. The van der Waals surface area contributed by atoms with Gasteiger partial charge >= 0.3 is 0 Å². The summed E-state index contributed by atoms with van der Waals surface area (Å²) < 4.78 is 7.88. The van der Waals surface area contributed by atoms with Gasteiger partial charge in [-0.1, -0.05) is 74.5 Å². The van der Waals surface area contributed by atoms with Crippen LogP contribution in [0, 0.1) is 12.3 Å². The Morgan fingerprint density at radius 1 is 1.12 bits per heavy atom. The minimum Gasteiger partial charge on any atom is -0.489 e. The first-order valence-electron chi connectivity index (χ1n) is 11.7. The first-order chi connectivity index (χ1) is 16.3. The number of fused-ring (bicyclic) bond motifs is 1. The van der Waals surface area contributed by atoms with E-state index in [-0.39, 0.29) is 17.2 Å². The Morgan fingerprint density at radius 3 is 2.56 bits per heavy atom. The van der Waals surface area contributed by atoms with Crippen LogP contribution < -0.4 is 10.1 Å². The zero-order chi connectivity index (χ0) is 23.9. The van der Waals surface area contributed by atoms with E-state index >= 15 is 0 Å². The van der Waals surface area contributed by atoms with Gasteiger partial charge in [-0.25, -0.2) is 4.68 Å². The molecular formula is C27H30N4O2S. The average molecular weight is 475 g/mol. The number of Topliss-reactive ketones (excluding diaryl/α,β-unsaturated/α-hetero) is 1. The standard InChI is InChI=1S/C27H30N4O2S/c1-5-34-26-29-25-28-21-14-27(3,4)15-22(32)23(21)24(31(25)30-26)19-10-12-20(13-11-19)33-16-18-8-6-17(2)7-9-18/h6-13,24H,5,14-16H2,1-4H3,(H,28,29,30). The Balaban J connectivity index is 1.46. The molecule has 2 aliphatic rings. The predicted molar refractivity (Wildman–Crippen MR) is 135 cm³/mol. The van der Waals surface area contributed by atoms with Gasteiger partial charge in [0, 0.05) is 17.7 Å². The van der Waals surface area contributed by atoms with Gasteiger partial charge in [0.15, 0.2) is 5.78 Å². The second kappa shape index (κ2) is 8.95. The Labute approximate surface area is 204 Å². The van der Waals surface area contributed by atoms with E-state index in [4.69, 9.17) is 14.8 Å². The van der Waals surface area contributed by atoms with E-state index in [0.29, 0.717) is 19.0 Å². The third-order valence-corrected chi connectivity index (χ3v) is 7.03. The second-order valence-corrected chi connectivity index (χ2v) is 11.0. The number of nitrogens with one attached hydrogen (secondary N) is 1. The third kappa shape index (κ3) is 4.49. The smallest absolute Gasteiger partial charge is 0.227 e. The topological polar surface area (TPSA) is 69.0 Å². The molecule has 0 bridgehead atoms. The minimum atomic E-state index is -0.292. The molecule has 0 saturated heterocycles. The molecule has 1 atom stereocenters. The van der Waals surface area contributed by atoms with Gasteiger partial charge < -0.3 is 10.1 Å². The molecule has 1 aromatic heterocycles. The molecule has 1 aliphatic carbocycles. The third-order valence-electron chi connectivity index (χ3n) is 6.31. The van der Waals surface area contributed by atoms with Crippen LogP contribution in [0.4, 0.5) is 5.95 Å². The summed E-state index contributed by atoms with van der Waals surface area (Å²) in [5, 5.41) is 8.90. The molecule has 34 heavy (non-hydrogen) atoms. The molecule has 0 saturated carbocycles. The van der Waals surface area contributed by atoms with Gasteiger partial charge in [-0.05, 0) is 47.8 Å². The number of hydrogen-bond donors (Lipinski definition) is 1. The predicted octanol–water partition coefficient (Wildman–Crippen LogP) is 5.94. The fourth-order valence-corrected chi connectivity index (χ4v) is 5.24. The molecular weight excluding hydrogens is 444 g/mol. The van der Waals surface area contributed by atoms with Crippen molar-refractivity contribution in [2.45, 2.75) is 58.3 Å².